The molecule has 1 aromatic rings. The fraction of sp³-hybridized carbons (Fsp3) is 0.545. The van der Waals surface area contributed by atoms with E-state index in [-0.39, 0.29) is 31.8 Å². The summed E-state index contributed by atoms with van der Waals surface area (Å²) in [5.41, 5.74) is 16.7. The number of aliphatic carboxylic acids is 3. The highest BCUT2D eigenvalue weighted by Gasteiger charge is 2.31. The third-order valence-corrected chi connectivity index (χ3v) is 5.46. The summed E-state index contributed by atoms with van der Waals surface area (Å²) in [4.78, 5) is 82.6. The Labute approximate surface area is 228 Å². The van der Waals surface area contributed by atoms with Crippen molar-refractivity contribution in [3.63, 3.8) is 0 Å². The molecule has 0 fully saturated rings. The first kappa shape index (κ1) is 33.3. The molecule has 1 aromatic heterocycles. The van der Waals surface area contributed by atoms with E-state index in [2.05, 4.69) is 30.9 Å². The Hall–Kier alpha value is -4.74. The van der Waals surface area contributed by atoms with Crippen molar-refractivity contribution in [1.29, 1.82) is 0 Å². The lowest BCUT2D eigenvalue weighted by Crippen LogP contribution is -2.57. The monoisotopic (exact) mass is 569 g/mol. The molecule has 0 saturated carbocycles. The Morgan fingerprint density at radius 1 is 0.850 bits per heavy atom. The molecule has 0 saturated heterocycles. The number of carboxylic acid groups (broad SMARTS) is 3. The number of aromatic nitrogens is 2. The molecule has 0 aliphatic heterocycles. The molecule has 0 spiro atoms. The second kappa shape index (κ2) is 17.0. The Balaban J connectivity index is 2.99. The zero-order valence-electron chi connectivity index (χ0n) is 21.5. The maximum atomic E-state index is 13.0. The Bertz CT molecular complexity index is 1060. The van der Waals surface area contributed by atoms with E-state index in [9.17, 15) is 33.9 Å². The van der Waals surface area contributed by atoms with Gasteiger partial charge in [-0.25, -0.2) is 9.78 Å². The van der Waals surface area contributed by atoms with Crippen LogP contribution in [0, 0.1) is 0 Å². The smallest absolute Gasteiger partial charge is 0.326 e. The van der Waals surface area contributed by atoms with E-state index in [1.165, 1.54) is 12.5 Å². The SMILES string of the molecule is NC(N)=NCCCC(N)C(=O)NC(CCC(=O)O)C(=O)NC(CCC(=O)O)C(=O)NC(Cc1cnc[nH]1)C(=O)O. The predicted octanol–water partition coefficient (Wildman–Crippen LogP) is -3.40. The van der Waals surface area contributed by atoms with Gasteiger partial charge in [0.15, 0.2) is 5.96 Å². The fourth-order valence-electron chi connectivity index (χ4n) is 3.36. The van der Waals surface area contributed by atoms with Gasteiger partial charge in [-0.15, -0.1) is 0 Å². The highest BCUT2D eigenvalue weighted by atomic mass is 16.4. The number of imidazole rings is 1. The third kappa shape index (κ3) is 13.2. The Morgan fingerprint density at radius 3 is 1.82 bits per heavy atom. The maximum Gasteiger partial charge on any atom is 0.326 e. The summed E-state index contributed by atoms with van der Waals surface area (Å²) >= 11 is 0. The minimum atomic E-state index is -1.52. The first-order valence-corrected chi connectivity index (χ1v) is 12.2. The Kier molecular flexibility index (Phi) is 14.1. The van der Waals surface area contributed by atoms with Crippen LogP contribution in [0.2, 0.25) is 0 Å². The van der Waals surface area contributed by atoms with Crippen molar-refractivity contribution in [2.24, 2.45) is 22.2 Å². The van der Waals surface area contributed by atoms with Gasteiger partial charge >= 0.3 is 17.9 Å². The molecule has 13 N–H and O–H groups in total. The average molecular weight is 570 g/mol. The van der Waals surface area contributed by atoms with E-state index >= 15 is 0 Å². The molecule has 0 bridgehead atoms. The highest BCUT2D eigenvalue weighted by Crippen LogP contribution is 2.06. The second-order valence-electron chi connectivity index (χ2n) is 8.72. The Morgan fingerprint density at radius 2 is 1.38 bits per heavy atom. The lowest BCUT2D eigenvalue weighted by atomic mass is 10.1. The number of carbonyl (C=O) groups excluding carboxylic acids is 3. The number of nitrogens with two attached hydrogens (primary N) is 3. The highest BCUT2D eigenvalue weighted by molar-refractivity contribution is 5.94. The van der Waals surface area contributed by atoms with Crippen LogP contribution in [0.15, 0.2) is 17.5 Å². The molecule has 3 amide bonds. The minimum absolute atomic E-state index is 0.131. The van der Waals surface area contributed by atoms with Gasteiger partial charge in [0.2, 0.25) is 17.7 Å². The number of carbonyl (C=O) groups is 6. The summed E-state index contributed by atoms with van der Waals surface area (Å²) in [5, 5.41) is 34.5. The predicted molar refractivity (Wildman–Crippen MR) is 137 cm³/mol. The van der Waals surface area contributed by atoms with Crippen LogP contribution in [-0.4, -0.2) is 97.6 Å². The van der Waals surface area contributed by atoms with Crippen LogP contribution in [-0.2, 0) is 35.2 Å². The molecule has 0 aromatic carbocycles. The van der Waals surface area contributed by atoms with Crippen molar-refractivity contribution in [2.75, 3.05) is 6.54 Å². The van der Waals surface area contributed by atoms with E-state index in [4.69, 9.17) is 27.4 Å². The molecule has 0 aliphatic carbocycles. The maximum absolute atomic E-state index is 13.0. The number of H-pyrrole nitrogens is 1. The second-order valence-corrected chi connectivity index (χ2v) is 8.72. The number of hydrogen-bond acceptors (Lipinski definition) is 9. The molecule has 4 atom stereocenters. The minimum Gasteiger partial charge on any atom is -0.481 e. The summed E-state index contributed by atoms with van der Waals surface area (Å²) in [5.74, 6) is -6.87. The number of amides is 3. The summed E-state index contributed by atoms with van der Waals surface area (Å²) < 4.78 is 0. The number of nitrogens with one attached hydrogen (secondary N) is 4. The summed E-state index contributed by atoms with van der Waals surface area (Å²) in [6.07, 6.45) is 1.05. The molecular formula is C22H35N9O9. The third-order valence-electron chi connectivity index (χ3n) is 5.46. The zero-order chi connectivity index (χ0) is 30.2. The normalized spacial score (nSPS) is 13.6. The van der Waals surface area contributed by atoms with Crippen LogP contribution in [0.1, 0.15) is 44.2 Å². The van der Waals surface area contributed by atoms with Crippen LogP contribution in [0.3, 0.4) is 0 Å². The number of nitrogens with zero attached hydrogens (tertiary/aromatic N) is 2. The largest absolute Gasteiger partial charge is 0.481 e. The lowest BCUT2D eigenvalue weighted by molar-refractivity contribution is -0.143. The van der Waals surface area contributed by atoms with Gasteiger partial charge in [0.05, 0.1) is 12.4 Å². The molecule has 1 heterocycles. The van der Waals surface area contributed by atoms with Gasteiger partial charge in [-0.2, -0.15) is 0 Å². The number of carboxylic acids is 3. The van der Waals surface area contributed by atoms with Crippen molar-refractivity contribution in [2.45, 2.75) is 69.1 Å². The summed E-state index contributed by atoms with van der Waals surface area (Å²) in [6, 6.07) is -5.52. The average Bonchev–Trinajstić information content (AvgIpc) is 3.38. The van der Waals surface area contributed by atoms with Gasteiger partial charge in [0.1, 0.15) is 18.1 Å². The molecule has 1 rings (SSSR count). The molecule has 4 unspecified atom stereocenters. The van der Waals surface area contributed by atoms with Crippen LogP contribution in [0.4, 0.5) is 0 Å². The van der Waals surface area contributed by atoms with Crippen LogP contribution < -0.4 is 33.2 Å². The van der Waals surface area contributed by atoms with E-state index < -0.39 is 79.1 Å². The quantitative estimate of drug-likeness (QED) is 0.0441. The number of aromatic amines is 1. The van der Waals surface area contributed by atoms with E-state index in [0.717, 1.165) is 0 Å². The molecule has 222 valence electrons. The van der Waals surface area contributed by atoms with Gasteiger partial charge in [-0.1, -0.05) is 0 Å². The topological polar surface area (TPSA) is 318 Å². The standard InChI is InChI=1S/C22H35N9O9/c23-12(2-1-7-27-22(24)25)18(36)29-13(3-5-16(32)33)19(37)30-14(4-6-17(34)35)20(38)31-15(21(39)40)8-11-9-26-10-28-11/h9-10,12-15H,1-8,23H2,(H,26,28)(H,29,36)(H,30,37)(H,31,38)(H,32,33)(H,34,35)(H,39,40)(H4,24,25,27). The first-order chi connectivity index (χ1) is 18.8. The van der Waals surface area contributed by atoms with Crippen LogP contribution in [0.5, 0.6) is 0 Å². The van der Waals surface area contributed by atoms with Gasteiger partial charge in [-0.3, -0.25) is 29.0 Å². The first-order valence-electron chi connectivity index (χ1n) is 12.2. The zero-order valence-corrected chi connectivity index (χ0v) is 21.5. The van der Waals surface area contributed by atoms with Crippen LogP contribution >= 0.6 is 0 Å². The number of hydrogen-bond donors (Lipinski definition) is 10. The van der Waals surface area contributed by atoms with Gasteiger partial charge in [-0.05, 0) is 25.7 Å². The fourth-order valence-corrected chi connectivity index (χ4v) is 3.36. The van der Waals surface area contributed by atoms with Crippen molar-refractivity contribution in [1.82, 2.24) is 25.9 Å². The summed E-state index contributed by atoms with van der Waals surface area (Å²) in [7, 11) is 0. The molecule has 0 aliphatic rings. The van der Waals surface area contributed by atoms with Crippen molar-refractivity contribution < 1.29 is 44.1 Å². The number of rotatable bonds is 19. The van der Waals surface area contributed by atoms with Crippen molar-refractivity contribution in [3.8, 4) is 0 Å². The van der Waals surface area contributed by atoms with E-state index in [0.29, 0.717) is 12.1 Å². The molecule has 40 heavy (non-hydrogen) atoms. The van der Waals surface area contributed by atoms with E-state index in [1.54, 1.807) is 0 Å². The van der Waals surface area contributed by atoms with Gasteiger partial charge < -0.3 is 53.5 Å². The van der Waals surface area contributed by atoms with E-state index in [1.807, 2.05) is 0 Å². The van der Waals surface area contributed by atoms with Crippen molar-refractivity contribution >= 4 is 41.6 Å². The number of guanidine groups is 1. The summed E-state index contributed by atoms with van der Waals surface area (Å²) in [6.45, 7) is 0.199. The van der Waals surface area contributed by atoms with Crippen LogP contribution in [0.25, 0.3) is 0 Å². The lowest BCUT2D eigenvalue weighted by Gasteiger charge is -2.25. The van der Waals surface area contributed by atoms with Crippen molar-refractivity contribution in [3.05, 3.63) is 18.2 Å². The molecule has 0 radical (unpaired) electrons. The van der Waals surface area contributed by atoms with Gasteiger partial charge in [0.25, 0.3) is 0 Å². The molecule has 18 heteroatoms. The van der Waals surface area contributed by atoms with Gasteiger partial charge in [0, 0.05) is 37.7 Å². The number of aliphatic imine (C=N–C) groups is 1. The molecular weight excluding hydrogens is 534 g/mol. The molecule has 18 nitrogen and oxygen atoms in total.